The van der Waals surface area contributed by atoms with Crippen LogP contribution in [-0.4, -0.2) is 59.2 Å². The Labute approximate surface area is 188 Å². The fraction of sp³-hybridized carbons (Fsp3) is 0.417. The summed E-state index contributed by atoms with van der Waals surface area (Å²) in [5, 5.41) is 3.12. The van der Waals surface area contributed by atoms with Gasteiger partial charge >= 0.3 is 11.9 Å². The molecule has 8 heteroatoms. The molecule has 0 atom stereocenters. The highest BCUT2D eigenvalue weighted by Crippen LogP contribution is 2.42. The van der Waals surface area contributed by atoms with Crippen LogP contribution in [0.3, 0.4) is 0 Å². The average Bonchev–Trinajstić information content (AvgIpc) is 2.77. The Kier molecular flexibility index (Phi) is 9.97. The van der Waals surface area contributed by atoms with E-state index in [0.29, 0.717) is 33.9 Å². The third-order valence-electron chi connectivity index (χ3n) is 4.83. The van der Waals surface area contributed by atoms with E-state index in [1.807, 2.05) is 18.2 Å². The molecule has 0 aromatic heterocycles. The van der Waals surface area contributed by atoms with Gasteiger partial charge in [0.05, 0.1) is 30.3 Å². The number of para-hydroxylation sites is 1. The largest absolute Gasteiger partial charge is 0.489 e. The lowest BCUT2D eigenvalue weighted by Crippen LogP contribution is -2.33. The summed E-state index contributed by atoms with van der Waals surface area (Å²) in [7, 11) is 3.05. The summed E-state index contributed by atoms with van der Waals surface area (Å²) in [5.41, 5.74) is 2.43. The van der Waals surface area contributed by atoms with Crippen molar-refractivity contribution in [2.24, 2.45) is 0 Å². The predicted octanol–water partition coefficient (Wildman–Crippen LogP) is 2.87. The second kappa shape index (κ2) is 12.7. The first-order chi connectivity index (χ1) is 15.5. The molecule has 0 spiro atoms. The van der Waals surface area contributed by atoms with Crippen LogP contribution >= 0.6 is 0 Å². The average molecular weight is 446 g/mol. The molecule has 0 amide bonds. The van der Waals surface area contributed by atoms with E-state index < -0.39 is 17.9 Å². The number of dihydropyridines is 1. The Morgan fingerprint density at radius 3 is 1.97 bits per heavy atom. The van der Waals surface area contributed by atoms with E-state index >= 15 is 0 Å². The number of rotatable bonds is 12. The summed E-state index contributed by atoms with van der Waals surface area (Å²) >= 11 is 0. The topological polar surface area (TPSA) is 92.3 Å². The van der Waals surface area contributed by atoms with Crippen molar-refractivity contribution in [3.05, 3.63) is 65.0 Å². The fourth-order valence-electron chi connectivity index (χ4n) is 3.44. The van der Waals surface area contributed by atoms with Gasteiger partial charge in [-0.05, 0) is 19.9 Å². The lowest BCUT2D eigenvalue weighted by atomic mass is 9.80. The molecule has 1 heterocycles. The molecule has 174 valence electrons. The Morgan fingerprint density at radius 1 is 0.938 bits per heavy atom. The molecule has 0 saturated carbocycles. The smallest absolute Gasteiger partial charge is 0.336 e. The van der Waals surface area contributed by atoms with Gasteiger partial charge < -0.3 is 29.0 Å². The molecule has 0 unspecified atom stereocenters. The van der Waals surface area contributed by atoms with E-state index in [1.54, 1.807) is 26.0 Å². The maximum atomic E-state index is 13.1. The molecule has 0 radical (unpaired) electrons. The van der Waals surface area contributed by atoms with Gasteiger partial charge in [-0.1, -0.05) is 30.9 Å². The quantitative estimate of drug-likeness (QED) is 0.298. The lowest BCUT2D eigenvalue weighted by Gasteiger charge is -2.31. The highest BCUT2D eigenvalue weighted by atomic mass is 16.6. The minimum absolute atomic E-state index is 0.0871. The maximum absolute atomic E-state index is 13.1. The predicted molar refractivity (Wildman–Crippen MR) is 119 cm³/mol. The van der Waals surface area contributed by atoms with Crippen molar-refractivity contribution in [3.63, 3.8) is 0 Å². The Morgan fingerprint density at radius 2 is 1.47 bits per heavy atom. The molecule has 0 bridgehead atoms. The molecule has 0 saturated heterocycles. The summed E-state index contributed by atoms with van der Waals surface area (Å²) in [6.45, 7) is 8.19. The molecule has 1 aliphatic rings. The number of benzene rings is 1. The monoisotopic (exact) mass is 445 g/mol. The molecule has 1 aromatic carbocycles. The molecule has 0 aliphatic carbocycles. The fourth-order valence-corrected chi connectivity index (χ4v) is 3.44. The number of allylic oxidation sites excluding steroid dienone is 2. The van der Waals surface area contributed by atoms with Crippen LogP contribution in [0.15, 0.2) is 59.5 Å². The number of methoxy groups -OCH3 is 2. The number of carbonyl (C=O) groups is 2. The summed E-state index contributed by atoms with van der Waals surface area (Å²) in [6.07, 6.45) is 1.63. The zero-order chi connectivity index (χ0) is 23.5. The van der Waals surface area contributed by atoms with Gasteiger partial charge in [0, 0.05) is 31.2 Å². The van der Waals surface area contributed by atoms with Crippen LogP contribution in [0.25, 0.3) is 0 Å². The zero-order valence-corrected chi connectivity index (χ0v) is 19.1. The van der Waals surface area contributed by atoms with Crippen LogP contribution in [0, 0.1) is 0 Å². The first kappa shape index (κ1) is 25.2. The van der Waals surface area contributed by atoms with Crippen molar-refractivity contribution in [2.45, 2.75) is 19.8 Å². The Hall–Kier alpha value is -3.10. The van der Waals surface area contributed by atoms with E-state index in [0.717, 1.165) is 0 Å². The number of carbonyl (C=O) groups excluding carboxylic acids is 2. The van der Waals surface area contributed by atoms with Crippen molar-refractivity contribution in [1.82, 2.24) is 5.32 Å². The van der Waals surface area contributed by atoms with Crippen LogP contribution in [0.2, 0.25) is 0 Å². The van der Waals surface area contributed by atoms with Crippen molar-refractivity contribution in [1.29, 1.82) is 0 Å². The highest BCUT2D eigenvalue weighted by molar-refractivity contribution is 6.00. The van der Waals surface area contributed by atoms with E-state index in [9.17, 15) is 9.59 Å². The summed E-state index contributed by atoms with van der Waals surface area (Å²) < 4.78 is 26.6. The second-order valence-corrected chi connectivity index (χ2v) is 7.03. The standard InChI is InChI=1S/C24H31NO7/c1-6-11-30-19-10-8-7-9-18(19)22-20(23(26)31-14-12-28-4)16(2)25-17(3)21(22)24(27)32-15-13-29-5/h6-10,22,25H,1,11-15H2,2-5H3. The molecule has 1 N–H and O–H groups in total. The molecule has 8 nitrogen and oxygen atoms in total. The highest BCUT2D eigenvalue weighted by Gasteiger charge is 2.39. The number of ether oxygens (including phenoxy) is 5. The van der Waals surface area contributed by atoms with Crippen LogP contribution in [-0.2, 0) is 28.5 Å². The summed E-state index contributed by atoms with van der Waals surface area (Å²) in [4.78, 5) is 26.2. The third kappa shape index (κ3) is 6.21. The minimum atomic E-state index is -0.748. The van der Waals surface area contributed by atoms with Gasteiger partial charge in [-0.15, -0.1) is 0 Å². The van der Waals surface area contributed by atoms with Crippen LogP contribution in [0.5, 0.6) is 5.75 Å². The lowest BCUT2D eigenvalue weighted by molar-refractivity contribution is -0.141. The first-order valence-electron chi connectivity index (χ1n) is 10.3. The van der Waals surface area contributed by atoms with Crippen LogP contribution < -0.4 is 10.1 Å². The van der Waals surface area contributed by atoms with Gasteiger partial charge in [0.1, 0.15) is 25.6 Å². The van der Waals surface area contributed by atoms with Crippen LogP contribution in [0.4, 0.5) is 0 Å². The SMILES string of the molecule is C=CCOc1ccccc1C1C(C(=O)OCCOC)=C(C)NC(C)=C1C(=O)OCCOC. The number of hydrogen-bond donors (Lipinski definition) is 1. The van der Waals surface area contributed by atoms with Crippen molar-refractivity contribution < 1.29 is 33.3 Å². The maximum Gasteiger partial charge on any atom is 0.336 e. The van der Waals surface area contributed by atoms with Crippen molar-refractivity contribution in [2.75, 3.05) is 47.3 Å². The second-order valence-electron chi connectivity index (χ2n) is 7.03. The van der Waals surface area contributed by atoms with Gasteiger partial charge in [0.2, 0.25) is 0 Å². The van der Waals surface area contributed by atoms with Gasteiger partial charge in [-0.25, -0.2) is 9.59 Å². The van der Waals surface area contributed by atoms with E-state index in [1.165, 1.54) is 14.2 Å². The summed E-state index contributed by atoms with van der Waals surface area (Å²) in [6, 6.07) is 7.25. The van der Waals surface area contributed by atoms with E-state index in [-0.39, 0.29) is 33.0 Å². The van der Waals surface area contributed by atoms with E-state index in [4.69, 9.17) is 23.7 Å². The van der Waals surface area contributed by atoms with Crippen molar-refractivity contribution in [3.8, 4) is 5.75 Å². The zero-order valence-electron chi connectivity index (χ0n) is 19.1. The number of nitrogens with one attached hydrogen (secondary N) is 1. The van der Waals surface area contributed by atoms with Gasteiger partial charge in [0.15, 0.2) is 0 Å². The Bertz CT molecular complexity index is 844. The third-order valence-corrected chi connectivity index (χ3v) is 4.83. The number of esters is 2. The minimum Gasteiger partial charge on any atom is -0.489 e. The Balaban J connectivity index is 2.56. The molecule has 1 aliphatic heterocycles. The molecule has 2 rings (SSSR count). The van der Waals surface area contributed by atoms with Gasteiger partial charge in [-0.3, -0.25) is 0 Å². The number of hydrogen-bond acceptors (Lipinski definition) is 8. The molecule has 0 fully saturated rings. The normalized spacial score (nSPS) is 14.1. The molecular formula is C24H31NO7. The van der Waals surface area contributed by atoms with Gasteiger partial charge in [0.25, 0.3) is 0 Å². The molecular weight excluding hydrogens is 414 g/mol. The van der Waals surface area contributed by atoms with Crippen LogP contribution in [0.1, 0.15) is 25.3 Å². The van der Waals surface area contributed by atoms with Gasteiger partial charge in [-0.2, -0.15) is 0 Å². The molecule has 32 heavy (non-hydrogen) atoms. The summed E-state index contributed by atoms with van der Waals surface area (Å²) in [5.74, 6) is -1.32. The van der Waals surface area contributed by atoms with E-state index in [2.05, 4.69) is 11.9 Å². The molecule has 1 aromatic rings. The first-order valence-corrected chi connectivity index (χ1v) is 10.3. The van der Waals surface area contributed by atoms with Crippen molar-refractivity contribution >= 4 is 11.9 Å².